The molecule has 1 aromatic rings. The summed E-state index contributed by atoms with van der Waals surface area (Å²) < 4.78 is 0.738. The summed E-state index contributed by atoms with van der Waals surface area (Å²) in [7, 11) is 0. The number of piperidine rings is 1. The molecule has 0 radical (unpaired) electrons. The van der Waals surface area contributed by atoms with Crippen LogP contribution in [0.2, 0.25) is 4.34 Å². The minimum absolute atomic E-state index is 0.146. The molecule has 1 aliphatic rings. The third-order valence-corrected chi connectivity index (χ3v) is 4.34. The second-order valence-electron chi connectivity index (χ2n) is 3.97. The van der Waals surface area contributed by atoms with E-state index in [9.17, 15) is 4.79 Å². The van der Waals surface area contributed by atoms with E-state index in [-0.39, 0.29) is 11.7 Å². The molecule has 2 heterocycles. The van der Waals surface area contributed by atoms with Gasteiger partial charge >= 0.3 is 0 Å². The number of ketones is 1. The molecule has 1 N–H and O–H groups in total. The van der Waals surface area contributed by atoms with E-state index in [1.165, 1.54) is 11.3 Å². The summed E-state index contributed by atoms with van der Waals surface area (Å²) in [5.41, 5.74) is 1.01. The number of aryl methyl sites for hydroxylation is 1. The number of rotatable bonds is 2. The number of carbonyl (C=O) groups excluding carboxylic acids is 1. The number of nitrogens with one attached hydrogen (secondary N) is 1. The Morgan fingerprint density at radius 1 is 1.67 bits per heavy atom. The fraction of sp³-hybridized carbons (Fsp3) is 0.545. The number of carbonyl (C=O) groups is 1. The van der Waals surface area contributed by atoms with E-state index in [0.717, 1.165) is 40.7 Å². The molecule has 0 aromatic carbocycles. The molecule has 0 spiro atoms. The van der Waals surface area contributed by atoms with E-state index in [4.69, 9.17) is 11.6 Å². The van der Waals surface area contributed by atoms with Crippen LogP contribution in [-0.2, 0) is 0 Å². The van der Waals surface area contributed by atoms with Crippen molar-refractivity contribution in [1.29, 1.82) is 0 Å². The predicted octanol–water partition coefficient (Wildman–Crippen LogP) is 2.89. The lowest BCUT2D eigenvalue weighted by molar-refractivity contribution is 0.0904. The third kappa shape index (κ3) is 2.41. The van der Waals surface area contributed by atoms with Crippen LogP contribution in [0, 0.1) is 12.8 Å². The number of halogens is 1. The molecule has 1 saturated heterocycles. The minimum atomic E-state index is 0.146. The highest BCUT2D eigenvalue weighted by Crippen LogP contribution is 2.29. The minimum Gasteiger partial charge on any atom is -0.316 e. The van der Waals surface area contributed by atoms with Gasteiger partial charge in [-0.1, -0.05) is 11.6 Å². The van der Waals surface area contributed by atoms with E-state index < -0.39 is 0 Å². The highest BCUT2D eigenvalue weighted by atomic mass is 35.5. The molecule has 15 heavy (non-hydrogen) atoms. The maximum Gasteiger partial charge on any atom is 0.177 e. The van der Waals surface area contributed by atoms with Gasteiger partial charge in [0.15, 0.2) is 5.78 Å². The Hall–Kier alpha value is -0.380. The first-order chi connectivity index (χ1) is 7.18. The van der Waals surface area contributed by atoms with Crippen LogP contribution >= 0.6 is 22.9 Å². The summed E-state index contributed by atoms with van der Waals surface area (Å²) in [5.74, 6) is 0.398. The molecule has 1 aromatic heterocycles. The number of hydrogen-bond donors (Lipinski definition) is 1. The average Bonchev–Trinajstić information content (AvgIpc) is 2.59. The molecule has 1 fully saturated rings. The van der Waals surface area contributed by atoms with E-state index in [1.807, 2.05) is 13.0 Å². The molecule has 0 aliphatic carbocycles. The van der Waals surface area contributed by atoms with Crippen LogP contribution in [-0.4, -0.2) is 18.9 Å². The maximum absolute atomic E-state index is 12.1. The van der Waals surface area contributed by atoms with Crippen LogP contribution in [0.1, 0.15) is 28.1 Å². The molecule has 1 aliphatic heterocycles. The van der Waals surface area contributed by atoms with Gasteiger partial charge in [0.05, 0.1) is 9.21 Å². The number of hydrogen-bond acceptors (Lipinski definition) is 3. The summed E-state index contributed by atoms with van der Waals surface area (Å²) in [5, 5.41) is 3.26. The average molecular weight is 244 g/mol. The Morgan fingerprint density at radius 3 is 3.00 bits per heavy atom. The smallest absolute Gasteiger partial charge is 0.177 e. The lowest BCUT2D eigenvalue weighted by atomic mass is 9.94. The first-order valence-electron chi connectivity index (χ1n) is 5.19. The van der Waals surface area contributed by atoms with E-state index >= 15 is 0 Å². The monoisotopic (exact) mass is 243 g/mol. The molecule has 0 saturated carbocycles. The van der Waals surface area contributed by atoms with Gasteiger partial charge < -0.3 is 5.32 Å². The highest BCUT2D eigenvalue weighted by molar-refractivity contribution is 7.18. The van der Waals surface area contributed by atoms with Crippen LogP contribution in [0.15, 0.2) is 6.07 Å². The summed E-state index contributed by atoms with van der Waals surface area (Å²) in [6, 6.07) is 1.91. The van der Waals surface area contributed by atoms with Crippen molar-refractivity contribution in [2.24, 2.45) is 5.92 Å². The quantitative estimate of drug-likeness (QED) is 0.810. The first kappa shape index (κ1) is 11.1. The fourth-order valence-electron chi connectivity index (χ4n) is 1.86. The molecule has 1 unspecified atom stereocenters. The molecule has 2 nitrogen and oxygen atoms in total. The predicted molar refractivity (Wildman–Crippen MR) is 64.0 cm³/mol. The number of thiophene rings is 1. The number of Topliss-reactive ketones (excluding diaryl/α,β-unsaturated/α-hetero) is 1. The van der Waals surface area contributed by atoms with Gasteiger partial charge in [-0.3, -0.25) is 4.79 Å². The third-order valence-electron chi connectivity index (χ3n) is 2.77. The summed E-state index contributed by atoms with van der Waals surface area (Å²) in [6.45, 7) is 3.79. The molecular formula is C11H14ClNOS. The lowest BCUT2D eigenvalue weighted by Gasteiger charge is -2.20. The topological polar surface area (TPSA) is 29.1 Å². The Labute approximate surface area is 98.6 Å². The van der Waals surface area contributed by atoms with Crippen LogP contribution in [0.5, 0.6) is 0 Å². The molecule has 4 heteroatoms. The van der Waals surface area contributed by atoms with E-state index in [1.54, 1.807) is 0 Å². The van der Waals surface area contributed by atoms with Crippen LogP contribution in [0.25, 0.3) is 0 Å². The molecule has 0 bridgehead atoms. The van der Waals surface area contributed by atoms with Crippen LogP contribution in [0.4, 0.5) is 0 Å². The van der Waals surface area contributed by atoms with Crippen molar-refractivity contribution >= 4 is 28.7 Å². The van der Waals surface area contributed by atoms with Crippen molar-refractivity contribution in [3.05, 3.63) is 20.8 Å². The standard InChI is InChI=1S/C11H14ClNOS/c1-7-5-9(15-11(7)12)10(14)8-3-2-4-13-6-8/h5,8,13H,2-4,6H2,1H3. The zero-order chi connectivity index (χ0) is 10.8. The van der Waals surface area contributed by atoms with Crippen molar-refractivity contribution < 1.29 is 4.79 Å². The fourth-order valence-corrected chi connectivity index (χ4v) is 3.08. The summed E-state index contributed by atoms with van der Waals surface area (Å²) in [6.07, 6.45) is 2.09. The van der Waals surface area contributed by atoms with Gasteiger partial charge in [0.1, 0.15) is 0 Å². The summed E-state index contributed by atoms with van der Waals surface area (Å²) in [4.78, 5) is 12.9. The van der Waals surface area contributed by atoms with Crippen molar-refractivity contribution in [3.63, 3.8) is 0 Å². The van der Waals surface area contributed by atoms with Crippen molar-refractivity contribution in [1.82, 2.24) is 5.32 Å². The molecular weight excluding hydrogens is 230 g/mol. The van der Waals surface area contributed by atoms with Crippen molar-refractivity contribution in [3.8, 4) is 0 Å². The van der Waals surface area contributed by atoms with E-state index in [0.29, 0.717) is 0 Å². The summed E-state index contributed by atoms with van der Waals surface area (Å²) >= 11 is 7.37. The van der Waals surface area contributed by atoms with Crippen LogP contribution < -0.4 is 5.32 Å². The van der Waals surface area contributed by atoms with Gasteiger partial charge in [0, 0.05) is 12.5 Å². The molecule has 0 amide bonds. The van der Waals surface area contributed by atoms with Crippen LogP contribution in [0.3, 0.4) is 0 Å². The second kappa shape index (κ2) is 4.64. The zero-order valence-electron chi connectivity index (χ0n) is 8.68. The Balaban J connectivity index is 2.12. The highest BCUT2D eigenvalue weighted by Gasteiger charge is 2.23. The van der Waals surface area contributed by atoms with Gasteiger partial charge in [-0.05, 0) is 37.9 Å². The second-order valence-corrected chi connectivity index (χ2v) is 5.63. The van der Waals surface area contributed by atoms with Gasteiger partial charge in [-0.2, -0.15) is 0 Å². The largest absolute Gasteiger partial charge is 0.316 e. The van der Waals surface area contributed by atoms with Gasteiger partial charge in [-0.15, -0.1) is 11.3 Å². The lowest BCUT2D eigenvalue weighted by Crippen LogP contribution is -2.34. The van der Waals surface area contributed by atoms with Gasteiger partial charge in [0.25, 0.3) is 0 Å². The van der Waals surface area contributed by atoms with Crippen molar-refractivity contribution in [2.75, 3.05) is 13.1 Å². The SMILES string of the molecule is Cc1cc(C(=O)C2CCCNC2)sc1Cl. The molecule has 2 rings (SSSR count). The molecule has 82 valence electrons. The normalized spacial score (nSPS) is 21.6. The molecule has 1 atom stereocenters. The zero-order valence-corrected chi connectivity index (χ0v) is 10.3. The Bertz CT molecular complexity index is 349. The maximum atomic E-state index is 12.1. The first-order valence-corrected chi connectivity index (χ1v) is 6.39. The Morgan fingerprint density at radius 2 is 2.47 bits per heavy atom. The van der Waals surface area contributed by atoms with Crippen molar-refractivity contribution in [2.45, 2.75) is 19.8 Å². The van der Waals surface area contributed by atoms with Gasteiger partial charge in [-0.25, -0.2) is 0 Å². The van der Waals surface area contributed by atoms with E-state index in [2.05, 4.69) is 5.32 Å². The van der Waals surface area contributed by atoms with Gasteiger partial charge in [0.2, 0.25) is 0 Å². The Kier molecular flexibility index (Phi) is 3.44.